The summed E-state index contributed by atoms with van der Waals surface area (Å²) in [5.41, 5.74) is 0.859. The summed E-state index contributed by atoms with van der Waals surface area (Å²) in [6.07, 6.45) is 2.93. The molecule has 2 N–H and O–H groups in total. The molecule has 0 unspecified atom stereocenters. The number of phenols is 1. The maximum atomic E-state index is 11.8. The summed E-state index contributed by atoms with van der Waals surface area (Å²) in [6, 6.07) is 6.37. The Kier molecular flexibility index (Phi) is 3.24. The van der Waals surface area contributed by atoms with Gasteiger partial charge in [0, 0.05) is 18.0 Å². The molecule has 0 fully saturated rings. The van der Waals surface area contributed by atoms with Gasteiger partial charge in [-0.05, 0) is 24.3 Å². The Morgan fingerprint density at radius 1 is 1.05 bits per heavy atom. The van der Waals surface area contributed by atoms with Crippen LogP contribution in [0.5, 0.6) is 5.75 Å². The van der Waals surface area contributed by atoms with Gasteiger partial charge < -0.3 is 10.1 Å². The summed E-state index contributed by atoms with van der Waals surface area (Å²) in [4.78, 5) is 26.6. The van der Waals surface area contributed by atoms with E-state index in [2.05, 4.69) is 19.9 Å². The molecule has 3 rings (SSSR count). The smallest absolute Gasteiger partial charge is 0.279 e. The second-order valence-electron chi connectivity index (χ2n) is 3.69. The molecule has 1 aromatic carbocycles. The van der Waals surface area contributed by atoms with Crippen LogP contribution < -0.4 is 5.56 Å². The van der Waals surface area contributed by atoms with Crippen molar-refractivity contribution < 1.29 is 5.11 Å². The van der Waals surface area contributed by atoms with Gasteiger partial charge in [-0.1, -0.05) is 7.43 Å². The van der Waals surface area contributed by atoms with Crippen molar-refractivity contribution in [3.05, 3.63) is 47.0 Å². The van der Waals surface area contributed by atoms with E-state index in [4.69, 9.17) is 0 Å². The molecule has 96 valence electrons. The van der Waals surface area contributed by atoms with Crippen LogP contribution in [0.15, 0.2) is 41.5 Å². The van der Waals surface area contributed by atoms with Gasteiger partial charge in [-0.25, -0.2) is 15.0 Å². The highest BCUT2D eigenvalue weighted by Gasteiger charge is 2.07. The van der Waals surface area contributed by atoms with E-state index in [9.17, 15) is 9.90 Å². The first-order valence-electron chi connectivity index (χ1n) is 5.24. The van der Waals surface area contributed by atoms with Gasteiger partial charge in [-0.15, -0.1) is 0 Å². The highest BCUT2D eigenvalue weighted by atomic mass is 16.3. The van der Waals surface area contributed by atoms with E-state index in [1.807, 2.05) is 0 Å². The molecule has 2 aromatic heterocycles. The van der Waals surface area contributed by atoms with E-state index in [0.29, 0.717) is 17.0 Å². The maximum absolute atomic E-state index is 11.8. The lowest BCUT2D eigenvalue weighted by atomic mass is 10.2. The van der Waals surface area contributed by atoms with Crippen LogP contribution >= 0.6 is 0 Å². The molecule has 0 aliphatic carbocycles. The molecule has 19 heavy (non-hydrogen) atoms. The Balaban J connectivity index is 0.00000133. The summed E-state index contributed by atoms with van der Waals surface area (Å²) in [5.74, 6) is 0.551. The SMILES string of the molecule is C.O=c1[nH]c(-c2ccc(O)cc2)nc2nccnc12. The number of nitrogens with one attached hydrogen (secondary N) is 1. The van der Waals surface area contributed by atoms with Crippen LogP contribution in [0.1, 0.15) is 7.43 Å². The van der Waals surface area contributed by atoms with Crippen molar-refractivity contribution in [1.82, 2.24) is 19.9 Å². The zero-order valence-electron chi connectivity index (χ0n) is 9.16. The van der Waals surface area contributed by atoms with E-state index in [-0.39, 0.29) is 24.3 Å². The monoisotopic (exact) mass is 256 g/mol. The topological polar surface area (TPSA) is 91.8 Å². The molecular formula is C13H12N4O2. The molecular weight excluding hydrogens is 244 g/mol. The van der Waals surface area contributed by atoms with Crippen molar-refractivity contribution in [2.24, 2.45) is 0 Å². The van der Waals surface area contributed by atoms with Crippen LogP contribution in [0.2, 0.25) is 0 Å². The number of phenolic OH excluding ortho intramolecular Hbond substituents is 1. The predicted molar refractivity (Wildman–Crippen MR) is 71.8 cm³/mol. The van der Waals surface area contributed by atoms with Gasteiger partial charge in [0.25, 0.3) is 5.56 Å². The average Bonchev–Trinajstić information content (AvgIpc) is 2.39. The second-order valence-corrected chi connectivity index (χ2v) is 3.69. The first kappa shape index (κ1) is 12.7. The first-order chi connectivity index (χ1) is 8.74. The molecule has 0 aliphatic heterocycles. The molecule has 0 bridgehead atoms. The van der Waals surface area contributed by atoms with Crippen LogP contribution in [-0.4, -0.2) is 25.0 Å². The Labute approximate surface area is 108 Å². The zero-order chi connectivity index (χ0) is 12.5. The van der Waals surface area contributed by atoms with Crippen molar-refractivity contribution in [2.75, 3.05) is 0 Å². The molecule has 0 atom stereocenters. The van der Waals surface area contributed by atoms with Gasteiger partial charge in [0.1, 0.15) is 11.6 Å². The Morgan fingerprint density at radius 2 is 1.74 bits per heavy atom. The van der Waals surface area contributed by atoms with E-state index in [0.717, 1.165) is 0 Å². The van der Waals surface area contributed by atoms with E-state index in [1.54, 1.807) is 12.1 Å². The van der Waals surface area contributed by atoms with Crippen LogP contribution in [0.25, 0.3) is 22.6 Å². The van der Waals surface area contributed by atoms with Crippen molar-refractivity contribution in [3.63, 3.8) is 0 Å². The number of hydrogen-bond acceptors (Lipinski definition) is 5. The van der Waals surface area contributed by atoms with Gasteiger partial charge in [0.05, 0.1) is 0 Å². The molecule has 2 heterocycles. The Morgan fingerprint density at radius 3 is 2.47 bits per heavy atom. The number of aromatic amines is 1. The lowest BCUT2D eigenvalue weighted by Crippen LogP contribution is -2.11. The Hall–Kier alpha value is -2.76. The molecule has 0 spiro atoms. The largest absolute Gasteiger partial charge is 0.508 e. The molecule has 3 aromatic rings. The highest BCUT2D eigenvalue weighted by molar-refractivity contribution is 5.71. The fraction of sp³-hybridized carbons (Fsp3) is 0.0769. The van der Waals surface area contributed by atoms with Gasteiger partial charge in [0.2, 0.25) is 0 Å². The molecule has 0 amide bonds. The van der Waals surface area contributed by atoms with Gasteiger partial charge in [-0.2, -0.15) is 0 Å². The van der Waals surface area contributed by atoms with Crippen molar-refractivity contribution >= 4 is 11.2 Å². The third-order valence-electron chi connectivity index (χ3n) is 2.48. The minimum Gasteiger partial charge on any atom is -0.508 e. The normalized spacial score (nSPS) is 10.1. The van der Waals surface area contributed by atoms with Gasteiger partial charge in [0.15, 0.2) is 11.2 Å². The number of benzene rings is 1. The van der Waals surface area contributed by atoms with Gasteiger partial charge >= 0.3 is 0 Å². The summed E-state index contributed by atoms with van der Waals surface area (Å²) < 4.78 is 0. The second kappa shape index (κ2) is 4.85. The number of nitrogens with zero attached hydrogens (tertiary/aromatic N) is 3. The van der Waals surface area contributed by atoms with Crippen molar-refractivity contribution in [1.29, 1.82) is 0 Å². The zero-order valence-corrected chi connectivity index (χ0v) is 9.16. The molecule has 0 radical (unpaired) electrons. The van der Waals surface area contributed by atoms with E-state index in [1.165, 1.54) is 24.5 Å². The molecule has 6 nitrogen and oxygen atoms in total. The quantitative estimate of drug-likeness (QED) is 0.691. The lowest BCUT2D eigenvalue weighted by molar-refractivity contribution is 0.475. The minimum atomic E-state index is -0.337. The number of rotatable bonds is 1. The predicted octanol–water partition coefficient (Wildman–Crippen LogP) is 1.72. The van der Waals surface area contributed by atoms with E-state index < -0.39 is 0 Å². The number of hydrogen-bond donors (Lipinski definition) is 2. The summed E-state index contributed by atoms with van der Waals surface area (Å²) in [6.45, 7) is 0. The lowest BCUT2D eigenvalue weighted by Gasteiger charge is -2.02. The third-order valence-corrected chi connectivity index (χ3v) is 2.48. The summed E-state index contributed by atoms with van der Waals surface area (Å²) >= 11 is 0. The van der Waals surface area contributed by atoms with Crippen LogP contribution in [0, 0.1) is 0 Å². The number of aromatic nitrogens is 4. The highest BCUT2D eigenvalue weighted by Crippen LogP contribution is 2.18. The average molecular weight is 256 g/mol. The molecule has 6 heteroatoms. The Bertz CT molecular complexity index is 765. The number of H-pyrrole nitrogens is 1. The fourth-order valence-corrected chi connectivity index (χ4v) is 1.63. The van der Waals surface area contributed by atoms with Crippen molar-refractivity contribution in [2.45, 2.75) is 7.43 Å². The molecule has 0 aliphatic rings. The van der Waals surface area contributed by atoms with Crippen LogP contribution in [-0.2, 0) is 0 Å². The summed E-state index contributed by atoms with van der Waals surface area (Å²) in [7, 11) is 0. The number of fused-ring (bicyclic) bond motifs is 1. The fourth-order valence-electron chi connectivity index (χ4n) is 1.63. The first-order valence-corrected chi connectivity index (χ1v) is 5.24. The molecule has 0 saturated heterocycles. The van der Waals surface area contributed by atoms with Gasteiger partial charge in [-0.3, -0.25) is 4.79 Å². The third kappa shape index (κ3) is 2.28. The summed E-state index contributed by atoms with van der Waals surface area (Å²) in [5, 5.41) is 9.22. The van der Waals surface area contributed by atoms with Crippen molar-refractivity contribution in [3.8, 4) is 17.1 Å². The minimum absolute atomic E-state index is 0. The maximum Gasteiger partial charge on any atom is 0.279 e. The van der Waals surface area contributed by atoms with Crippen LogP contribution in [0.4, 0.5) is 0 Å². The van der Waals surface area contributed by atoms with E-state index >= 15 is 0 Å². The number of aromatic hydroxyl groups is 1. The standard InChI is InChI=1S/C12H8N4O2.CH4/c17-8-3-1-7(2-4-8)10-15-11-9(12(18)16-10)13-5-6-14-11;/h1-6,17H,(H,14,15,16,18);1H4. The van der Waals surface area contributed by atoms with Crippen LogP contribution in [0.3, 0.4) is 0 Å². The molecule has 0 saturated carbocycles.